The van der Waals surface area contributed by atoms with E-state index in [0.717, 1.165) is 24.4 Å². The van der Waals surface area contributed by atoms with Crippen LogP contribution in [-0.2, 0) is 16.1 Å². The van der Waals surface area contributed by atoms with E-state index in [4.69, 9.17) is 10.00 Å². The summed E-state index contributed by atoms with van der Waals surface area (Å²) in [6.45, 7) is 8.70. The Morgan fingerprint density at radius 3 is 2.43 bits per heavy atom. The molecule has 0 unspecified atom stereocenters. The molecular formula is C23H27N3O4. The van der Waals surface area contributed by atoms with Crippen LogP contribution in [0.2, 0.25) is 0 Å². The van der Waals surface area contributed by atoms with Crippen LogP contribution in [0.3, 0.4) is 0 Å². The van der Waals surface area contributed by atoms with E-state index in [-0.39, 0.29) is 24.4 Å². The number of hydrogen-bond donors (Lipinski definition) is 1. The molecule has 0 aliphatic rings. The Morgan fingerprint density at radius 1 is 1.17 bits per heavy atom. The van der Waals surface area contributed by atoms with Gasteiger partial charge in [0.05, 0.1) is 11.6 Å². The number of amides is 1. The van der Waals surface area contributed by atoms with Gasteiger partial charge in [-0.25, -0.2) is 4.79 Å². The average molecular weight is 409 g/mol. The largest absolute Gasteiger partial charge is 0.454 e. The number of esters is 1. The van der Waals surface area contributed by atoms with Gasteiger partial charge in [-0.1, -0.05) is 13.8 Å². The fourth-order valence-corrected chi connectivity index (χ4v) is 3.07. The zero-order valence-corrected chi connectivity index (χ0v) is 17.8. The third kappa shape index (κ3) is 6.05. The molecule has 1 aromatic heterocycles. The number of hydrogen-bond acceptors (Lipinski definition) is 5. The Bertz CT molecular complexity index is 966. The second kappa shape index (κ2) is 10.4. The van der Waals surface area contributed by atoms with E-state index in [1.807, 2.05) is 19.9 Å². The number of aromatic nitrogens is 1. The van der Waals surface area contributed by atoms with E-state index in [0.29, 0.717) is 17.2 Å². The lowest BCUT2D eigenvalue weighted by atomic mass is 10.1. The van der Waals surface area contributed by atoms with Crippen LogP contribution in [0.25, 0.3) is 0 Å². The standard InChI is InChI=1S/C23H27N3O4/c1-15(2)10-12-26-16(3)13-20(17(26)4)21(27)14-30-23(29)18-5-7-19(8-6-18)25-22(28)9-11-24/h5-8,13,15H,9-10,12,14H2,1-4H3,(H,25,28). The van der Waals surface area contributed by atoms with Crippen LogP contribution in [0.4, 0.5) is 5.69 Å². The maximum absolute atomic E-state index is 12.6. The van der Waals surface area contributed by atoms with E-state index in [2.05, 4.69) is 23.7 Å². The first-order valence-corrected chi connectivity index (χ1v) is 9.86. The molecule has 1 N–H and O–H groups in total. The van der Waals surface area contributed by atoms with Crippen molar-refractivity contribution in [3.63, 3.8) is 0 Å². The number of aryl methyl sites for hydroxylation is 1. The van der Waals surface area contributed by atoms with Crippen molar-refractivity contribution >= 4 is 23.3 Å². The van der Waals surface area contributed by atoms with Gasteiger partial charge in [-0.05, 0) is 56.5 Å². The van der Waals surface area contributed by atoms with Gasteiger partial charge in [0, 0.05) is 29.2 Å². The summed E-state index contributed by atoms with van der Waals surface area (Å²) in [5, 5.41) is 11.0. The minimum absolute atomic E-state index is 0.243. The highest BCUT2D eigenvalue weighted by Gasteiger charge is 2.18. The van der Waals surface area contributed by atoms with Gasteiger partial charge in [0.2, 0.25) is 11.7 Å². The van der Waals surface area contributed by atoms with Crippen molar-refractivity contribution < 1.29 is 19.1 Å². The molecule has 0 aliphatic carbocycles. The molecule has 1 amide bonds. The van der Waals surface area contributed by atoms with Gasteiger partial charge in [-0.3, -0.25) is 9.59 Å². The lowest BCUT2D eigenvalue weighted by molar-refractivity contribution is -0.115. The fraction of sp³-hybridized carbons (Fsp3) is 0.391. The van der Waals surface area contributed by atoms with Crippen molar-refractivity contribution in [2.45, 2.75) is 47.1 Å². The molecule has 0 saturated carbocycles. The van der Waals surface area contributed by atoms with Crippen LogP contribution >= 0.6 is 0 Å². The van der Waals surface area contributed by atoms with E-state index in [1.165, 1.54) is 24.3 Å². The van der Waals surface area contributed by atoms with Crippen molar-refractivity contribution in [2.24, 2.45) is 5.92 Å². The molecule has 0 aliphatic heterocycles. The van der Waals surface area contributed by atoms with Crippen molar-refractivity contribution in [2.75, 3.05) is 11.9 Å². The molecule has 1 aromatic carbocycles. The van der Waals surface area contributed by atoms with Crippen LogP contribution in [0.15, 0.2) is 30.3 Å². The third-order valence-electron chi connectivity index (χ3n) is 4.78. The zero-order valence-electron chi connectivity index (χ0n) is 17.8. The highest BCUT2D eigenvalue weighted by Crippen LogP contribution is 2.18. The molecule has 158 valence electrons. The topological polar surface area (TPSA) is 101 Å². The summed E-state index contributed by atoms with van der Waals surface area (Å²) in [5.74, 6) is -0.721. The van der Waals surface area contributed by atoms with Crippen molar-refractivity contribution in [3.8, 4) is 6.07 Å². The molecule has 0 atom stereocenters. The fourth-order valence-electron chi connectivity index (χ4n) is 3.07. The zero-order chi connectivity index (χ0) is 22.3. The molecule has 1 heterocycles. The van der Waals surface area contributed by atoms with E-state index in [9.17, 15) is 14.4 Å². The number of nitrogens with zero attached hydrogens (tertiary/aromatic N) is 2. The minimum atomic E-state index is -0.619. The summed E-state index contributed by atoms with van der Waals surface area (Å²) < 4.78 is 7.30. The van der Waals surface area contributed by atoms with Crippen LogP contribution in [0.5, 0.6) is 0 Å². The van der Waals surface area contributed by atoms with Gasteiger partial charge in [0.1, 0.15) is 6.42 Å². The number of benzene rings is 1. The summed E-state index contributed by atoms with van der Waals surface area (Å²) in [6, 6.07) is 9.66. The maximum Gasteiger partial charge on any atom is 0.338 e. The Morgan fingerprint density at radius 2 is 1.83 bits per heavy atom. The monoisotopic (exact) mass is 409 g/mol. The normalized spacial score (nSPS) is 10.5. The van der Waals surface area contributed by atoms with Gasteiger partial charge in [0.15, 0.2) is 6.61 Å². The molecule has 0 saturated heterocycles. The number of nitrogens with one attached hydrogen (secondary N) is 1. The first kappa shape index (κ1) is 22.9. The second-order valence-electron chi connectivity index (χ2n) is 7.58. The third-order valence-corrected chi connectivity index (χ3v) is 4.78. The maximum atomic E-state index is 12.6. The van der Waals surface area contributed by atoms with Crippen LogP contribution < -0.4 is 5.32 Å². The summed E-state index contributed by atoms with van der Waals surface area (Å²) >= 11 is 0. The summed E-state index contributed by atoms with van der Waals surface area (Å²) in [4.78, 5) is 36.2. The van der Waals surface area contributed by atoms with E-state index in [1.54, 1.807) is 6.07 Å². The number of Topliss-reactive ketones (excluding diaryl/α,β-unsaturated/α-hetero) is 1. The quantitative estimate of drug-likeness (QED) is 0.497. The van der Waals surface area contributed by atoms with Crippen molar-refractivity contribution in [1.29, 1.82) is 5.26 Å². The number of anilines is 1. The summed E-state index contributed by atoms with van der Waals surface area (Å²) in [7, 11) is 0. The van der Waals surface area contributed by atoms with Crippen LogP contribution in [0, 0.1) is 31.1 Å². The Hall–Kier alpha value is -3.40. The number of nitriles is 1. The first-order chi connectivity index (χ1) is 14.2. The molecule has 7 heteroatoms. The highest BCUT2D eigenvalue weighted by molar-refractivity contribution is 6.00. The highest BCUT2D eigenvalue weighted by atomic mass is 16.5. The molecule has 0 bridgehead atoms. The van der Waals surface area contributed by atoms with Gasteiger partial charge in [-0.2, -0.15) is 5.26 Å². The second-order valence-corrected chi connectivity index (χ2v) is 7.58. The summed E-state index contributed by atoms with van der Waals surface area (Å²) in [5.41, 5.74) is 3.20. The molecular weight excluding hydrogens is 382 g/mol. The number of ether oxygens (including phenoxy) is 1. The number of carbonyl (C=O) groups excluding carboxylic acids is 3. The lowest BCUT2D eigenvalue weighted by Gasteiger charge is -2.11. The molecule has 0 fully saturated rings. The lowest BCUT2D eigenvalue weighted by Crippen LogP contribution is -2.15. The van der Waals surface area contributed by atoms with Gasteiger partial charge >= 0.3 is 5.97 Å². The Kier molecular flexibility index (Phi) is 7.93. The first-order valence-electron chi connectivity index (χ1n) is 9.86. The van der Waals surface area contributed by atoms with Gasteiger partial charge in [0.25, 0.3) is 0 Å². The van der Waals surface area contributed by atoms with Gasteiger partial charge in [-0.15, -0.1) is 0 Å². The van der Waals surface area contributed by atoms with E-state index >= 15 is 0 Å². The molecule has 30 heavy (non-hydrogen) atoms. The summed E-state index contributed by atoms with van der Waals surface area (Å²) in [6.07, 6.45) is 0.774. The minimum Gasteiger partial charge on any atom is -0.454 e. The molecule has 0 spiro atoms. The predicted molar refractivity (Wildman–Crippen MR) is 113 cm³/mol. The SMILES string of the molecule is Cc1cc(C(=O)COC(=O)c2ccc(NC(=O)CC#N)cc2)c(C)n1CCC(C)C. The van der Waals surface area contributed by atoms with Crippen LogP contribution in [0.1, 0.15) is 58.8 Å². The molecule has 0 radical (unpaired) electrons. The molecule has 7 nitrogen and oxygen atoms in total. The number of rotatable bonds is 9. The Labute approximate surface area is 176 Å². The van der Waals surface area contributed by atoms with Crippen molar-refractivity contribution in [3.05, 3.63) is 52.8 Å². The average Bonchev–Trinajstić information content (AvgIpc) is 2.98. The Balaban J connectivity index is 1.96. The van der Waals surface area contributed by atoms with Crippen LogP contribution in [-0.4, -0.2) is 28.8 Å². The number of ketones is 1. The molecule has 2 rings (SSSR count). The van der Waals surface area contributed by atoms with Crippen molar-refractivity contribution in [1.82, 2.24) is 4.57 Å². The predicted octanol–water partition coefficient (Wildman–Crippen LogP) is 4.04. The van der Waals surface area contributed by atoms with E-state index < -0.39 is 11.9 Å². The molecule has 2 aromatic rings. The smallest absolute Gasteiger partial charge is 0.338 e. The number of carbonyl (C=O) groups is 3. The van der Waals surface area contributed by atoms with Gasteiger partial charge < -0.3 is 14.6 Å².